The smallest absolute Gasteiger partial charge is 0.407 e. The van der Waals surface area contributed by atoms with Crippen molar-refractivity contribution in [2.75, 3.05) is 13.1 Å². The summed E-state index contributed by atoms with van der Waals surface area (Å²) in [4.78, 5) is 24.8. The van der Waals surface area contributed by atoms with E-state index in [-0.39, 0.29) is 17.3 Å². The van der Waals surface area contributed by atoms with E-state index in [1.807, 2.05) is 26.8 Å². The molecule has 0 aromatic heterocycles. The van der Waals surface area contributed by atoms with E-state index in [0.29, 0.717) is 19.5 Å². The molecule has 5 heteroatoms. The van der Waals surface area contributed by atoms with Crippen LogP contribution in [0.25, 0.3) is 0 Å². The number of ketones is 1. The first-order valence-corrected chi connectivity index (χ1v) is 6.38. The summed E-state index contributed by atoms with van der Waals surface area (Å²) in [6.07, 6.45) is 1.39. The molecule has 1 aliphatic heterocycles. The van der Waals surface area contributed by atoms with Crippen LogP contribution in [-0.2, 0) is 4.79 Å². The fourth-order valence-corrected chi connectivity index (χ4v) is 3.69. The van der Waals surface area contributed by atoms with E-state index in [9.17, 15) is 9.59 Å². The molecular formula is C14H18N2O3. The van der Waals surface area contributed by atoms with Gasteiger partial charge in [-0.15, -0.1) is 0 Å². The minimum Gasteiger partial charge on any atom is -0.465 e. The van der Waals surface area contributed by atoms with Crippen LogP contribution in [0.4, 0.5) is 4.79 Å². The Bertz CT molecular complexity index is 515. The summed E-state index contributed by atoms with van der Waals surface area (Å²) in [7, 11) is 0. The van der Waals surface area contributed by atoms with E-state index in [0.717, 1.165) is 0 Å². The molecule has 2 rings (SSSR count). The van der Waals surface area contributed by atoms with Gasteiger partial charge in [0.2, 0.25) is 0 Å². The monoisotopic (exact) mass is 262 g/mol. The third kappa shape index (κ3) is 1.92. The van der Waals surface area contributed by atoms with Crippen LogP contribution in [0.1, 0.15) is 27.2 Å². The maximum Gasteiger partial charge on any atom is 0.407 e. The maximum atomic E-state index is 12.3. The number of hydrogen-bond acceptors (Lipinski definition) is 3. The van der Waals surface area contributed by atoms with Crippen molar-refractivity contribution in [3.05, 3.63) is 11.6 Å². The second kappa shape index (κ2) is 4.09. The van der Waals surface area contributed by atoms with Gasteiger partial charge in [0.1, 0.15) is 6.07 Å². The van der Waals surface area contributed by atoms with Gasteiger partial charge in [-0.2, -0.15) is 5.26 Å². The van der Waals surface area contributed by atoms with E-state index in [4.69, 9.17) is 10.4 Å². The topological polar surface area (TPSA) is 81.4 Å². The number of piperidine rings is 1. The van der Waals surface area contributed by atoms with Crippen LogP contribution >= 0.6 is 0 Å². The molecule has 2 aliphatic rings. The van der Waals surface area contributed by atoms with Gasteiger partial charge in [0, 0.05) is 23.9 Å². The SMILES string of the molecule is CC1(C)C(=O)C(C#N)=C[C@@]2(C)CN(C(=O)O)CC[C@H]12. The average Bonchev–Trinajstić information content (AvgIpc) is 2.33. The van der Waals surface area contributed by atoms with Crippen LogP contribution in [0.15, 0.2) is 11.6 Å². The molecule has 1 fully saturated rings. The van der Waals surface area contributed by atoms with Gasteiger partial charge in [-0.1, -0.05) is 26.8 Å². The largest absolute Gasteiger partial charge is 0.465 e. The molecule has 1 amide bonds. The van der Waals surface area contributed by atoms with Crippen molar-refractivity contribution in [1.82, 2.24) is 4.90 Å². The van der Waals surface area contributed by atoms with Gasteiger partial charge in [0.25, 0.3) is 0 Å². The zero-order chi connectivity index (χ0) is 14.4. The summed E-state index contributed by atoms with van der Waals surface area (Å²) >= 11 is 0. The van der Waals surface area contributed by atoms with Crippen LogP contribution < -0.4 is 0 Å². The molecule has 0 saturated carbocycles. The number of fused-ring (bicyclic) bond motifs is 1. The summed E-state index contributed by atoms with van der Waals surface area (Å²) in [5, 5.41) is 18.2. The Labute approximate surface area is 112 Å². The van der Waals surface area contributed by atoms with Crippen molar-refractivity contribution in [2.45, 2.75) is 27.2 Å². The Morgan fingerprint density at radius 3 is 2.68 bits per heavy atom. The van der Waals surface area contributed by atoms with Gasteiger partial charge in [-0.3, -0.25) is 4.79 Å². The van der Waals surface area contributed by atoms with Crippen molar-refractivity contribution in [3.8, 4) is 6.07 Å². The molecule has 2 atom stereocenters. The van der Waals surface area contributed by atoms with Crippen molar-refractivity contribution in [2.24, 2.45) is 16.7 Å². The minimum absolute atomic E-state index is 0.0696. The van der Waals surface area contributed by atoms with Crippen LogP contribution in [0.5, 0.6) is 0 Å². The quantitative estimate of drug-likeness (QED) is 0.724. The molecule has 1 heterocycles. The number of hydrogen-bond donors (Lipinski definition) is 1. The molecule has 1 aliphatic carbocycles. The Balaban J connectivity index is 2.47. The fourth-order valence-electron chi connectivity index (χ4n) is 3.69. The number of rotatable bonds is 0. The van der Waals surface area contributed by atoms with Crippen LogP contribution in [0.3, 0.4) is 0 Å². The Kier molecular flexibility index (Phi) is 2.93. The molecule has 0 aromatic rings. The average molecular weight is 262 g/mol. The number of carbonyl (C=O) groups excluding carboxylic acids is 1. The zero-order valence-corrected chi connectivity index (χ0v) is 11.4. The van der Waals surface area contributed by atoms with Crippen LogP contribution in [0, 0.1) is 28.1 Å². The lowest BCUT2D eigenvalue weighted by molar-refractivity contribution is -0.131. The molecule has 1 N–H and O–H groups in total. The van der Waals surface area contributed by atoms with Crippen LogP contribution in [0.2, 0.25) is 0 Å². The lowest BCUT2D eigenvalue weighted by atomic mass is 9.55. The summed E-state index contributed by atoms with van der Waals surface area (Å²) in [6, 6.07) is 1.96. The predicted octanol–water partition coefficient (Wildman–Crippen LogP) is 2.05. The highest BCUT2D eigenvalue weighted by molar-refractivity contribution is 6.04. The first-order chi connectivity index (χ1) is 8.72. The molecule has 0 aromatic carbocycles. The molecule has 0 bridgehead atoms. The second-order valence-corrected chi connectivity index (χ2v) is 6.27. The van der Waals surface area contributed by atoms with E-state index < -0.39 is 16.9 Å². The number of allylic oxidation sites excluding steroid dienone is 1. The second-order valence-electron chi connectivity index (χ2n) is 6.27. The molecule has 0 radical (unpaired) electrons. The van der Waals surface area contributed by atoms with Gasteiger partial charge in [-0.05, 0) is 12.3 Å². The molecular weight excluding hydrogens is 244 g/mol. The highest BCUT2D eigenvalue weighted by atomic mass is 16.4. The van der Waals surface area contributed by atoms with Gasteiger partial charge in [0.15, 0.2) is 5.78 Å². The first kappa shape index (κ1) is 13.6. The molecule has 19 heavy (non-hydrogen) atoms. The molecule has 102 valence electrons. The summed E-state index contributed by atoms with van der Waals surface area (Å²) < 4.78 is 0. The van der Waals surface area contributed by atoms with Gasteiger partial charge in [-0.25, -0.2) is 4.79 Å². The molecule has 1 saturated heterocycles. The van der Waals surface area contributed by atoms with Crippen molar-refractivity contribution >= 4 is 11.9 Å². The molecule has 0 spiro atoms. The molecule has 5 nitrogen and oxygen atoms in total. The van der Waals surface area contributed by atoms with Gasteiger partial charge >= 0.3 is 6.09 Å². The van der Waals surface area contributed by atoms with E-state index in [1.54, 1.807) is 6.08 Å². The number of nitrogens with zero attached hydrogens (tertiary/aromatic N) is 2. The highest BCUT2D eigenvalue weighted by Gasteiger charge is 2.53. The van der Waals surface area contributed by atoms with Crippen molar-refractivity contribution in [1.29, 1.82) is 5.26 Å². The zero-order valence-electron chi connectivity index (χ0n) is 11.4. The number of carboxylic acid groups (broad SMARTS) is 1. The van der Waals surface area contributed by atoms with Gasteiger partial charge < -0.3 is 10.0 Å². The van der Waals surface area contributed by atoms with Gasteiger partial charge in [0.05, 0.1) is 5.57 Å². The summed E-state index contributed by atoms with van der Waals surface area (Å²) in [5.41, 5.74) is -0.894. The fraction of sp³-hybridized carbons (Fsp3) is 0.643. The Morgan fingerprint density at radius 1 is 1.53 bits per heavy atom. The lowest BCUT2D eigenvalue weighted by Crippen LogP contribution is -2.56. The normalized spacial score (nSPS) is 33.2. The molecule has 0 unspecified atom stereocenters. The number of nitriles is 1. The number of amides is 1. The lowest BCUT2D eigenvalue weighted by Gasteiger charge is -2.52. The van der Waals surface area contributed by atoms with E-state index >= 15 is 0 Å². The predicted molar refractivity (Wildman–Crippen MR) is 68.3 cm³/mol. The number of carbonyl (C=O) groups is 2. The van der Waals surface area contributed by atoms with Crippen LogP contribution in [-0.4, -0.2) is 35.0 Å². The van der Waals surface area contributed by atoms with E-state index in [2.05, 4.69) is 0 Å². The minimum atomic E-state index is -0.943. The van der Waals surface area contributed by atoms with E-state index in [1.165, 1.54) is 4.90 Å². The maximum absolute atomic E-state index is 12.3. The number of Topliss-reactive ketones (excluding diaryl/α,β-unsaturated/α-hetero) is 1. The summed E-state index contributed by atoms with van der Waals surface area (Å²) in [5.74, 6) is -0.0542. The first-order valence-electron chi connectivity index (χ1n) is 6.38. The highest BCUT2D eigenvalue weighted by Crippen LogP contribution is 2.51. The third-order valence-electron chi connectivity index (χ3n) is 4.58. The van der Waals surface area contributed by atoms with Crippen molar-refractivity contribution in [3.63, 3.8) is 0 Å². The third-order valence-corrected chi connectivity index (χ3v) is 4.58. The Hall–Kier alpha value is -1.83. The number of likely N-dealkylation sites (tertiary alicyclic amines) is 1. The standard InChI is InChI=1S/C14H18N2O3/c1-13(2)10-4-5-16(12(18)19)8-14(10,3)6-9(7-15)11(13)17/h6,10H,4-5,8H2,1-3H3,(H,18,19)/t10-,14+/m1/s1. The van der Waals surface area contributed by atoms with Crippen molar-refractivity contribution < 1.29 is 14.7 Å². The Morgan fingerprint density at radius 2 is 2.16 bits per heavy atom. The summed E-state index contributed by atoms with van der Waals surface area (Å²) in [6.45, 7) is 6.45.